The van der Waals surface area contributed by atoms with E-state index in [4.69, 9.17) is 14.5 Å². The summed E-state index contributed by atoms with van der Waals surface area (Å²) in [5, 5.41) is 2.12. The van der Waals surface area contributed by atoms with Crippen LogP contribution in [0.4, 0.5) is 5.69 Å². The Bertz CT molecular complexity index is 1490. The fourth-order valence-electron chi connectivity index (χ4n) is 5.08. The van der Waals surface area contributed by atoms with Gasteiger partial charge < -0.3 is 14.0 Å². The standard InChI is InChI=1S/C28H32N4O3S/c1-19-26(27(33)32(30(19)2)21-13-9-6-10-14-21)29-28-31(20-11-7-5-8-12-20)24(18-36-28)23-17-22(34-3)15-16-25(23)35-4/h6,9-10,13-18,20H,5,7-8,11-12H2,1-4H3. The molecule has 0 radical (unpaired) electrons. The monoisotopic (exact) mass is 504 g/mol. The molecule has 1 saturated carbocycles. The van der Waals surface area contributed by atoms with E-state index in [9.17, 15) is 4.79 Å². The van der Waals surface area contributed by atoms with Crippen molar-refractivity contribution >= 4 is 17.0 Å². The van der Waals surface area contributed by atoms with Gasteiger partial charge in [0.05, 0.1) is 31.3 Å². The summed E-state index contributed by atoms with van der Waals surface area (Å²) in [4.78, 5) is 19.4. The Morgan fingerprint density at radius 1 is 1.00 bits per heavy atom. The zero-order valence-corrected chi connectivity index (χ0v) is 22.0. The summed E-state index contributed by atoms with van der Waals surface area (Å²) in [7, 11) is 5.26. The predicted molar refractivity (Wildman–Crippen MR) is 144 cm³/mol. The summed E-state index contributed by atoms with van der Waals surface area (Å²) in [6, 6.07) is 15.9. The molecule has 2 aromatic carbocycles. The molecule has 188 valence electrons. The third kappa shape index (κ3) is 4.30. The molecule has 0 bridgehead atoms. The van der Waals surface area contributed by atoms with Gasteiger partial charge in [0.15, 0.2) is 10.5 Å². The van der Waals surface area contributed by atoms with Crippen molar-refractivity contribution in [2.75, 3.05) is 14.2 Å². The Balaban J connectivity index is 1.73. The molecule has 1 aliphatic rings. The topological polar surface area (TPSA) is 62.7 Å². The fourth-order valence-corrected chi connectivity index (χ4v) is 6.05. The molecule has 5 rings (SSSR count). The number of thiazole rings is 1. The molecule has 0 saturated heterocycles. The van der Waals surface area contributed by atoms with E-state index in [1.54, 1.807) is 30.2 Å². The molecule has 4 aromatic rings. The van der Waals surface area contributed by atoms with Gasteiger partial charge in [-0.05, 0) is 50.1 Å². The van der Waals surface area contributed by atoms with Crippen LogP contribution in [-0.2, 0) is 7.05 Å². The number of nitrogens with zero attached hydrogens (tertiary/aromatic N) is 4. The zero-order valence-electron chi connectivity index (χ0n) is 21.2. The average Bonchev–Trinajstić information content (AvgIpc) is 3.43. The molecule has 0 aliphatic heterocycles. The van der Waals surface area contributed by atoms with Crippen LogP contribution in [0.3, 0.4) is 0 Å². The highest BCUT2D eigenvalue weighted by molar-refractivity contribution is 7.07. The van der Waals surface area contributed by atoms with E-state index in [0.29, 0.717) is 11.7 Å². The number of hydrogen-bond acceptors (Lipinski definition) is 5. The van der Waals surface area contributed by atoms with Gasteiger partial charge in [-0.15, -0.1) is 11.3 Å². The van der Waals surface area contributed by atoms with Crippen molar-refractivity contribution in [3.63, 3.8) is 0 Å². The molecule has 36 heavy (non-hydrogen) atoms. The lowest BCUT2D eigenvalue weighted by Gasteiger charge is -2.25. The number of benzene rings is 2. The second-order valence-corrected chi connectivity index (χ2v) is 9.99. The van der Waals surface area contributed by atoms with Gasteiger partial charge in [0, 0.05) is 24.0 Å². The number of ether oxygens (including phenoxy) is 2. The summed E-state index contributed by atoms with van der Waals surface area (Å²) in [6.07, 6.45) is 5.81. The number of aromatic nitrogens is 3. The molecule has 1 fully saturated rings. The Morgan fingerprint density at radius 3 is 2.44 bits per heavy atom. The van der Waals surface area contributed by atoms with Crippen molar-refractivity contribution in [3.05, 3.63) is 74.8 Å². The first-order valence-corrected chi connectivity index (χ1v) is 13.2. The highest BCUT2D eigenvalue weighted by Crippen LogP contribution is 2.38. The number of para-hydroxylation sites is 1. The quantitative estimate of drug-likeness (QED) is 0.335. The fraction of sp³-hybridized carbons (Fsp3) is 0.357. The van der Waals surface area contributed by atoms with Gasteiger partial charge in [0.2, 0.25) is 0 Å². The maximum absolute atomic E-state index is 13.6. The third-order valence-electron chi connectivity index (χ3n) is 7.10. The normalized spacial score (nSPS) is 14.8. The summed E-state index contributed by atoms with van der Waals surface area (Å²) < 4.78 is 17.1. The van der Waals surface area contributed by atoms with Crippen molar-refractivity contribution in [1.29, 1.82) is 0 Å². The molecule has 2 heterocycles. The average molecular weight is 505 g/mol. The molecule has 0 unspecified atom stereocenters. The minimum absolute atomic E-state index is 0.120. The molecule has 8 heteroatoms. The van der Waals surface area contributed by atoms with Gasteiger partial charge in [0.25, 0.3) is 5.56 Å². The summed E-state index contributed by atoms with van der Waals surface area (Å²) >= 11 is 1.56. The van der Waals surface area contributed by atoms with Crippen molar-refractivity contribution in [1.82, 2.24) is 13.9 Å². The summed E-state index contributed by atoms with van der Waals surface area (Å²) in [5.41, 5.74) is 4.00. The van der Waals surface area contributed by atoms with Gasteiger partial charge >= 0.3 is 0 Å². The molecule has 1 aliphatic carbocycles. The molecular formula is C28H32N4O3S. The van der Waals surface area contributed by atoms with Crippen LogP contribution in [-0.4, -0.2) is 28.2 Å². The first-order valence-electron chi connectivity index (χ1n) is 12.3. The Labute approximate surface area is 214 Å². The minimum Gasteiger partial charge on any atom is -0.497 e. The summed E-state index contributed by atoms with van der Waals surface area (Å²) in [5.74, 6) is 1.56. The molecular weight excluding hydrogens is 472 g/mol. The van der Waals surface area contributed by atoms with Crippen molar-refractivity contribution in [2.45, 2.75) is 45.1 Å². The van der Waals surface area contributed by atoms with E-state index in [1.807, 2.05) is 67.2 Å². The Morgan fingerprint density at radius 2 is 1.75 bits per heavy atom. The zero-order chi connectivity index (χ0) is 25.2. The van der Waals surface area contributed by atoms with Crippen LogP contribution in [0.1, 0.15) is 43.8 Å². The molecule has 0 spiro atoms. The smallest absolute Gasteiger partial charge is 0.297 e. The maximum atomic E-state index is 13.6. The van der Waals surface area contributed by atoms with Crippen LogP contribution in [0.15, 0.2) is 63.7 Å². The highest BCUT2D eigenvalue weighted by Gasteiger charge is 2.23. The van der Waals surface area contributed by atoms with E-state index >= 15 is 0 Å². The molecule has 7 nitrogen and oxygen atoms in total. The predicted octanol–water partition coefficient (Wildman–Crippen LogP) is 5.77. The largest absolute Gasteiger partial charge is 0.497 e. The van der Waals surface area contributed by atoms with E-state index in [0.717, 1.165) is 51.8 Å². The van der Waals surface area contributed by atoms with Crippen molar-refractivity contribution in [2.24, 2.45) is 12.0 Å². The van der Waals surface area contributed by atoms with Crippen LogP contribution in [0.25, 0.3) is 16.9 Å². The molecule has 0 N–H and O–H groups in total. The van der Waals surface area contributed by atoms with E-state index < -0.39 is 0 Å². The lowest BCUT2D eigenvalue weighted by atomic mass is 9.95. The molecule has 2 aromatic heterocycles. The molecule has 0 atom stereocenters. The van der Waals surface area contributed by atoms with Gasteiger partial charge in [-0.25, -0.2) is 9.67 Å². The maximum Gasteiger partial charge on any atom is 0.297 e. The van der Waals surface area contributed by atoms with E-state index in [-0.39, 0.29) is 5.56 Å². The van der Waals surface area contributed by atoms with Crippen LogP contribution in [0, 0.1) is 6.92 Å². The Hall–Kier alpha value is -3.52. The summed E-state index contributed by atoms with van der Waals surface area (Å²) in [6.45, 7) is 1.95. The second-order valence-electron chi connectivity index (χ2n) is 9.15. The van der Waals surface area contributed by atoms with Gasteiger partial charge in [-0.1, -0.05) is 37.5 Å². The van der Waals surface area contributed by atoms with Crippen LogP contribution < -0.4 is 19.8 Å². The number of rotatable bonds is 6. The number of methoxy groups -OCH3 is 2. The second kappa shape index (κ2) is 10.2. The highest BCUT2D eigenvalue weighted by atomic mass is 32.1. The van der Waals surface area contributed by atoms with Crippen LogP contribution in [0.5, 0.6) is 11.5 Å². The van der Waals surface area contributed by atoms with Gasteiger partial charge in [0.1, 0.15) is 11.5 Å². The van der Waals surface area contributed by atoms with Gasteiger partial charge in [-0.2, -0.15) is 0 Å². The van der Waals surface area contributed by atoms with Crippen molar-refractivity contribution < 1.29 is 9.47 Å². The van der Waals surface area contributed by atoms with E-state index in [1.165, 1.54) is 19.3 Å². The lowest BCUT2D eigenvalue weighted by molar-refractivity contribution is 0.350. The molecule has 0 amide bonds. The Kier molecular flexibility index (Phi) is 6.87. The lowest BCUT2D eigenvalue weighted by Crippen LogP contribution is -2.24. The SMILES string of the molecule is COc1ccc(OC)c(-c2csc(=Nc3c(C)n(C)n(-c4ccccc4)c3=O)n2C2CCCCC2)c1. The van der Waals surface area contributed by atoms with Crippen LogP contribution in [0.2, 0.25) is 0 Å². The van der Waals surface area contributed by atoms with Crippen LogP contribution >= 0.6 is 11.3 Å². The van der Waals surface area contributed by atoms with E-state index in [2.05, 4.69) is 9.95 Å². The third-order valence-corrected chi connectivity index (χ3v) is 7.94. The van der Waals surface area contributed by atoms with Crippen molar-refractivity contribution in [3.8, 4) is 28.4 Å². The van der Waals surface area contributed by atoms with Gasteiger partial charge in [-0.3, -0.25) is 9.48 Å². The first kappa shape index (κ1) is 24.2. The first-order chi connectivity index (χ1) is 17.5. The number of hydrogen-bond donors (Lipinski definition) is 0. The minimum atomic E-state index is -0.120.